The van der Waals surface area contributed by atoms with Gasteiger partial charge in [-0.3, -0.25) is 14.6 Å². The smallest absolute Gasteiger partial charge is 0.282 e. The molecular weight excluding hydrogens is 553 g/mol. The first-order chi connectivity index (χ1) is 18.7. The molecule has 40 heavy (non-hydrogen) atoms. The van der Waals surface area contributed by atoms with Crippen LogP contribution in [0.2, 0.25) is 5.02 Å². The first-order valence-electron chi connectivity index (χ1n) is 12.5. The van der Waals surface area contributed by atoms with Crippen molar-refractivity contribution in [3.8, 4) is 0 Å². The predicted octanol–water partition coefficient (Wildman–Crippen LogP) is 6.11. The largest absolute Gasteiger partial charge is 0.331 e. The lowest BCUT2D eigenvalue weighted by molar-refractivity contribution is -0.113. The first-order valence-corrected chi connectivity index (χ1v) is 14.4. The summed E-state index contributed by atoms with van der Waals surface area (Å²) in [5, 5.41) is 0.703. The highest BCUT2D eigenvalue weighted by Gasteiger charge is 2.38. The second-order valence-corrected chi connectivity index (χ2v) is 12.2. The number of benzene rings is 2. The molecule has 0 bridgehead atoms. The number of allylic oxidation sites excluding steroid dienone is 4. The lowest BCUT2D eigenvalue weighted by atomic mass is 9.93. The number of para-hydroxylation sites is 1. The van der Waals surface area contributed by atoms with Gasteiger partial charge in [-0.05, 0) is 38.0 Å². The molecule has 1 fully saturated rings. The van der Waals surface area contributed by atoms with Crippen LogP contribution in [0, 0.1) is 12.7 Å². The monoisotopic (exact) mass is 579 g/mol. The molecule has 0 spiro atoms. The van der Waals surface area contributed by atoms with Crippen LogP contribution in [-0.4, -0.2) is 34.9 Å². The summed E-state index contributed by atoms with van der Waals surface area (Å²) < 4.78 is 43.8. The molecule has 6 rings (SSSR count). The predicted molar refractivity (Wildman–Crippen MR) is 155 cm³/mol. The van der Waals surface area contributed by atoms with Gasteiger partial charge in [0.15, 0.2) is 5.78 Å². The number of hydrogen-bond acceptors (Lipinski definition) is 5. The van der Waals surface area contributed by atoms with Gasteiger partial charge in [-0.2, -0.15) is 0 Å². The van der Waals surface area contributed by atoms with Crippen LogP contribution >= 0.6 is 11.6 Å². The summed E-state index contributed by atoms with van der Waals surface area (Å²) in [5.41, 5.74) is 2.86. The fraction of sp³-hybridized carbons (Fsp3) is 0.233. The lowest BCUT2D eigenvalue weighted by Gasteiger charge is -2.15. The number of fused-ring (bicyclic) bond motifs is 2. The maximum absolute atomic E-state index is 14.3. The number of sulfonamides is 1. The molecule has 0 radical (unpaired) electrons. The highest BCUT2D eigenvalue weighted by molar-refractivity contribution is 7.91. The average Bonchev–Trinajstić information content (AvgIpc) is 3.71. The van der Waals surface area contributed by atoms with E-state index in [0.29, 0.717) is 45.8 Å². The van der Waals surface area contributed by atoms with Gasteiger partial charge in [0.05, 0.1) is 16.8 Å². The lowest BCUT2D eigenvalue weighted by Crippen LogP contribution is -2.35. The van der Waals surface area contributed by atoms with Crippen LogP contribution in [-0.2, 0) is 21.4 Å². The number of amides is 1. The number of carbonyl (C=O) groups excluding carboxylic acids is 2. The summed E-state index contributed by atoms with van der Waals surface area (Å²) in [4.78, 5) is 31.1. The summed E-state index contributed by atoms with van der Waals surface area (Å²) in [5.74, 6) is -1.52. The average molecular weight is 580 g/mol. The molecule has 10 heteroatoms. The van der Waals surface area contributed by atoms with Crippen LogP contribution in [0.3, 0.4) is 0 Å². The second-order valence-electron chi connectivity index (χ2n) is 9.88. The number of carbonyl (C=O) groups is 2. The number of pyridine rings is 1. The van der Waals surface area contributed by atoms with Gasteiger partial charge in [0.1, 0.15) is 17.0 Å². The van der Waals surface area contributed by atoms with E-state index in [-0.39, 0.29) is 42.4 Å². The minimum absolute atomic E-state index is 0. The van der Waals surface area contributed by atoms with E-state index in [1.165, 1.54) is 18.3 Å². The Labute approximate surface area is 236 Å². The van der Waals surface area contributed by atoms with Crippen molar-refractivity contribution >= 4 is 60.7 Å². The SMILES string of the molecule is C.Cc1ccc2c(c1)c(C1=CC=CCC1=O)c(C(=O)NS(=O)(=O)C1CC1)n2Cc1cnc2c(F)cccc2c1Cl. The summed E-state index contributed by atoms with van der Waals surface area (Å²) >= 11 is 6.72. The van der Waals surface area contributed by atoms with E-state index in [1.807, 2.05) is 25.1 Å². The molecule has 0 aliphatic heterocycles. The molecule has 7 nitrogen and oxygen atoms in total. The third kappa shape index (κ3) is 4.73. The van der Waals surface area contributed by atoms with Crippen molar-refractivity contribution in [3.05, 3.63) is 94.0 Å². The van der Waals surface area contributed by atoms with Gasteiger partial charge in [-0.1, -0.05) is 61.0 Å². The van der Waals surface area contributed by atoms with Crippen molar-refractivity contribution in [2.75, 3.05) is 0 Å². The Kier molecular flexibility index (Phi) is 7.14. The minimum Gasteiger partial charge on any atom is -0.331 e. The Bertz CT molecular complexity index is 1890. The maximum Gasteiger partial charge on any atom is 0.282 e. The molecule has 0 unspecified atom stereocenters. The van der Waals surface area contributed by atoms with Crippen molar-refractivity contribution in [2.45, 2.75) is 45.4 Å². The molecular formula is C30H27ClFN3O4S. The van der Waals surface area contributed by atoms with Crippen LogP contribution in [0.4, 0.5) is 4.39 Å². The Morgan fingerprint density at radius 2 is 1.98 bits per heavy atom. The molecule has 2 heterocycles. The van der Waals surface area contributed by atoms with Crippen molar-refractivity contribution in [2.24, 2.45) is 0 Å². The molecule has 0 atom stereocenters. The number of nitrogens with zero attached hydrogens (tertiary/aromatic N) is 2. The Morgan fingerprint density at radius 1 is 1.20 bits per heavy atom. The number of halogens is 2. The zero-order valence-corrected chi connectivity index (χ0v) is 22.4. The number of rotatable bonds is 6. The van der Waals surface area contributed by atoms with Crippen molar-refractivity contribution in [3.63, 3.8) is 0 Å². The van der Waals surface area contributed by atoms with Gasteiger partial charge in [0, 0.05) is 45.6 Å². The second kappa shape index (κ2) is 10.3. The molecule has 2 aromatic heterocycles. The number of aromatic nitrogens is 2. The summed E-state index contributed by atoms with van der Waals surface area (Å²) in [6, 6.07) is 10.1. The van der Waals surface area contributed by atoms with E-state index in [4.69, 9.17) is 11.6 Å². The molecule has 1 N–H and O–H groups in total. The number of nitrogens with one attached hydrogen (secondary N) is 1. The number of ketones is 1. The summed E-state index contributed by atoms with van der Waals surface area (Å²) in [6.45, 7) is 1.93. The molecule has 2 aliphatic rings. The molecule has 206 valence electrons. The van der Waals surface area contributed by atoms with E-state index < -0.39 is 27.0 Å². The zero-order valence-electron chi connectivity index (χ0n) is 20.9. The van der Waals surface area contributed by atoms with Crippen LogP contribution in [0.15, 0.2) is 60.8 Å². The van der Waals surface area contributed by atoms with Crippen LogP contribution in [0.1, 0.15) is 53.9 Å². The molecule has 1 saturated carbocycles. The van der Waals surface area contributed by atoms with Gasteiger partial charge in [0.25, 0.3) is 5.91 Å². The van der Waals surface area contributed by atoms with Gasteiger partial charge < -0.3 is 4.57 Å². The number of hydrogen-bond donors (Lipinski definition) is 1. The zero-order chi connectivity index (χ0) is 27.5. The molecule has 2 aliphatic carbocycles. The maximum atomic E-state index is 14.3. The van der Waals surface area contributed by atoms with Gasteiger partial charge in [-0.25, -0.2) is 17.5 Å². The summed E-state index contributed by atoms with van der Waals surface area (Å²) in [7, 11) is -3.88. The fourth-order valence-corrected chi connectivity index (χ4v) is 6.56. The number of aryl methyl sites for hydroxylation is 1. The van der Waals surface area contributed by atoms with Crippen molar-refractivity contribution in [1.29, 1.82) is 0 Å². The molecule has 1 amide bonds. The molecule has 0 saturated heterocycles. The third-order valence-corrected chi connectivity index (χ3v) is 9.35. The van der Waals surface area contributed by atoms with Crippen LogP contribution in [0.5, 0.6) is 0 Å². The Hall–Kier alpha value is -3.82. The van der Waals surface area contributed by atoms with E-state index in [9.17, 15) is 22.4 Å². The van der Waals surface area contributed by atoms with E-state index in [2.05, 4.69) is 9.71 Å². The quantitative estimate of drug-likeness (QED) is 0.297. The number of Topliss-reactive ketones (excluding diaryl/α,β-unsaturated/α-hetero) is 1. The van der Waals surface area contributed by atoms with Gasteiger partial charge in [-0.15, -0.1) is 0 Å². The fourth-order valence-electron chi connectivity index (χ4n) is 5.02. The topological polar surface area (TPSA) is 98.1 Å². The van der Waals surface area contributed by atoms with Gasteiger partial charge >= 0.3 is 0 Å². The Morgan fingerprint density at radius 3 is 2.70 bits per heavy atom. The molecule has 4 aromatic rings. The van der Waals surface area contributed by atoms with Crippen LogP contribution < -0.4 is 4.72 Å². The Balaban J connectivity index is 0.00000323. The van der Waals surface area contributed by atoms with E-state index in [1.54, 1.807) is 28.9 Å². The highest BCUT2D eigenvalue weighted by Crippen LogP contribution is 2.37. The molecule has 2 aromatic carbocycles. The van der Waals surface area contributed by atoms with E-state index in [0.717, 1.165) is 5.56 Å². The van der Waals surface area contributed by atoms with Crippen LogP contribution in [0.25, 0.3) is 27.4 Å². The minimum atomic E-state index is -3.88. The van der Waals surface area contributed by atoms with E-state index >= 15 is 0 Å². The summed E-state index contributed by atoms with van der Waals surface area (Å²) in [6.07, 6.45) is 7.71. The standard InChI is InChI=1S/C29H23ClFN3O4S.CH4/c1-16-9-12-23-21(13-16)25(19-5-2-3-8-24(19)35)28(29(36)33-39(37,38)18-10-11-18)34(23)15-17-14-32-27-20(26(17)30)6-4-7-22(27)31;/h2-7,9,12-14,18H,8,10-11,15H2,1H3,(H,33,36);1H4. The van der Waals surface area contributed by atoms with Gasteiger partial charge in [0.2, 0.25) is 10.0 Å². The normalized spacial score (nSPS) is 15.3. The first kappa shape index (κ1) is 27.7. The highest BCUT2D eigenvalue weighted by atomic mass is 35.5. The van der Waals surface area contributed by atoms with Crippen molar-refractivity contribution < 1.29 is 22.4 Å². The van der Waals surface area contributed by atoms with Crippen molar-refractivity contribution in [1.82, 2.24) is 14.3 Å². The third-order valence-electron chi connectivity index (χ3n) is 7.09.